The van der Waals surface area contributed by atoms with E-state index in [4.69, 9.17) is 14.2 Å². The second-order valence-electron chi connectivity index (χ2n) is 7.68. The van der Waals surface area contributed by atoms with Crippen molar-refractivity contribution in [3.05, 3.63) is 59.4 Å². The summed E-state index contributed by atoms with van der Waals surface area (Å²) in [6, 6.07) is 10.2. The zero-order chi connectivity index (χ0) is 24.6. The van der Waals surface area contributed by atoms with E-state index in [1.165, 1.54) is 44.6 Å². The Bertz CT molecular complexity index is 1060. The average Bonchev–Trinajstić information content (AvgIpc) is 2.85. The second kappa shape index (κ2) is 12.2. The molecule has 0 aromatic heterocycles. The van der Waals surface area contributed by atoms with Crippen LogP contribution < -0.4 is 14.8 Å². The maximum absolute atomic E-state index is 13.4. The Morgan fingerprint density at radius 3 is 2.50 bits per heavy atom. The quantitative estimate of drug-likeness (QED) is 0.456. The molecule has 0 spiro atoms. The predicted octanol–water partition coefficient (Wildman–Crippen LogP) is 1.56. The number of morpholine rings is 1. The molecule has 0 saturated carbocycles. The molecule has 0 bridgehead atoms. The van der Waals surface area contributed by atoms with Gasteiger partial charge in [-0.3, -0.25) is 9.69 Å². The summed E-state index contributed by atoms with van der Waals surface area (Å²) < 4.78 is 56.8. The Balaban J connectivity index is 1.78. The number of nitrogens with one attached hydrogen (secondary N) is 2. The van der Waals surface area contributed by atoms with Gasteiger partial charge in [-0.05, 0) is 35.9 Å². The van der Waals surface area contributed by atoms with Gasteiger partial charge < -0.3 is 19.5 Å². The number of carbonyl (C=O) groups is 1. The highest BCUT2D eigenvalue weighted by Crippen LogP contribution is 2.25. The molecule has 2 aromatic rings. The molecule has 2 N–H and O–H groups in total. The molecule has 0 aliphatic carbocycles. The summed E-state index contributed by atoms with van der Waals surface area (Å²) in [6.07, 6.45) is 0. The SMILES string of the molecule is COCCNS(=O)(=O)c1cc(C(=O)NCC(c2ccc(F)cc2)N2CCOCC2)ccc1OC. The van der Waals surface area contributed by atoms with Gasteiger partial charge in [-0.1, -0.05) is 12.1 Å². The van der Waals surface area contributed by atoms with Gasteiger partial charge in [-0.2, -0.15) is 0 Å². The first-order valence-electron chi connectivity index (χ1n) is 10.9. The zero-order valence-corrected chi connectivity index (χ0v) is 20.1. The Morgan fingerprint density at radius 2 is 1.85 bits per heavy atom. The van der Waals surface area contributed by atoms with Crippen LogP contribution in [0.5, 0.6) is 5.75 Å². The third-order valence-corrected chi connectivity index (χ3v) is 6.99. The molecule has 186 valence electrons. The van der Waals surface area contributed by atoms with E-state index in [-0.39, 0.29) is 47.8 Å². The normalized spacial score (nSPS) is 15.6. The van der Waals surface area contributed by atoms with Gasteiger partial charge in [0.1, 0.15) is 16.5 Å². The van der Waals surface area contributed by atoms with E-state index in [1.807, 2.05) is 0 Å². The van der Waals surface area contributed by atoms with Crippen molar-refractivity contribution < 1.29 is 31.8 Å². The predicted molar refractivity (Wildman–Crippen MR) is 124 cm³/mol. The van der Waals surface area contributed by atoms with Crippen molar-refractivity contribution in [3.63, 3.8) is 0 Å². The number of sulfonamides is 1. The molecule has 1 aliphatic heterocycles. The van der Waals surface area contributed by atoms with Crippen molar-refractivity contribution in [2.75, 3.05) is 60.2 Å². The van der Waals surface area contributed by atoms with Gasteiger partial charge in [-0.15, -0.1) is 0 Å². The van der Waals surface area contributed by atoms with Crippen LogP contribution >= 0.6 is 0 Å². The van der Waals surface area contributed by atoms with E-state index >= 15 is 0 Å². The molecule has 9 nitrogen and oxygen atoms in total. The Kier molecular flexibility index (Phi) is 9.36. The van der Waals surface area contributed by atoms with Crippen LogP contribution in [0.3, 0.4) is 0 Å². The minimum Gasteiger partial charge on any atom is -0.495 e. The lowest BCUT2D eigenvalue weighted by Crippen LogP contribution is -2.43. The van der Waals surface area contributed by atoms with E-state index in [1.54, 1.807) is 12.1 Å². The molecule has 2 aromatic carbocycles. The van der Waals surface area contributed by atoms with Crippen LogP contribution in [0.2, 0.25) is 0 Å². The monoisotopic (exact) mass is 495 g/mol. The van der Waals surface area contributed by atoms with Crippen molar-refractivity contribution in [1.82, 2.24) is 14.9 Å². The summed E-state index contributed by atoms with van der Waals surface area (Å²) in [6.45, 7) is 3.03. The Labute approximate surface area is 199 Å². The number of methoxy groups -OCH3 is 2. The molecule has 1 aliphatic rings. The van der Waals surface area contributed by atoms with Gasteiger partial charge in [-0.25, -0.2) is 17.5 Å². The van der Waals surface area contributed by atoms with Crippen LogP contribution in [-0.2, 0) is 19.5 Å². The van der Waals surface area contributed by atoms with Gasteiger partial charge >= 0.3 is 0 Å². The smallest absolute Gasteiger partial charge is 0.251 e. The summed E-state index contributed by atoms with van der Waals surface area (Å²) in [7, 11) is -1.09. The minimum atomic E-state index is -3.92. The number of hydrogen-bond donors (Lipinski definition) is 2. The van der Waals surface area contributed by atoms with E-state index in [9.17, 15) is 17.6 Å². The maximum atomic E-state index is 13.4. The molecule has 1 saturated heterocycles. The number of ether oxygens (including phenoxy) is 3. The first kappa shape index (κ1) is 26.0. The third-order valence-electron chi connectivity index (χ3n) is 5.51. The summed E-state index contributed by atoms with van der Waals surface area (Å²) in [5, 5.41) is 2.89. The number of carbonyl (C=O) groups excluding carboxylic acids is 1. The summed E-state index contributed by atoms with van der Waals surface area (Å²) in [5.74, 6) is -0.644. The van der Waals surface area contributed by atoms with E-state index in [0.717, 1.165) is 5.56 Å². The minimum absolute atomic E-state index is 0.0807. The van der Waals surface area contributed by atoms with Crippen molar-refractivity contribution in [2.24, 2.45) is 0 Å². The lowest BCUT2D eigenvalue weighted by molar-refractivity contribution is 0.0162. The lowest BCUT2D eigenvalue weighted by Gasteiger charge is -2.35. The van der Waals surface area contributed by atoms with E-state index in [0.29, 0.717) is 26.3 Å². The highest BCUT2D eigenvalue weighted by atomic mass is 32.2. The summed E-state index contributed by atoms with van der Waals surface area (Å²) in [4.78, 5) is 15.0. The molecular weight excluding hydrogens is 465 g/mol. The fourth-order valence-corrected chi connectivity index (χ4v) is 4.91. The largest absolute Gasteiger partial charge is 0.495 e. The van der Waals surface area contributed by atoms with Crippen molar-refractivity contribution >= 4 is 15.9 Å². The van der Waals surface area contributed by atoms with Gasteiger partial charge in [0.2, 0.25) is 10.0 Å². The van der Waals surface area contributed by atoms with Crippen molar-refractivity contribution in [1.29, 1.82) is 0 Å². The standard InChI is InChI=1S/C23H30FN3O6S/c1-31-12-9-26-34(29,30)22-15-18(5-8-21(22)32-2)23(28)25-16-20(27-10-13-33-14-11-27)17-3-6-19(24)7-4-17/h3-8,15,20,26H,9-14,16H2,1-2H3,(H,25,28). The molecule has 1 heterocycles. The van der Waals surface area contributed by atoms with Gasteiger partial charge in [0.15, 0.2) is 0 Å². The molecule has 34 heavy (non-hydrogen) atoms. The number of benzene rings is 2. The second-order valence-corrected chi connectivity index (χ2v) is 9.42. The van der Waals surface area contributed by atoms with Crippen LogP contribution in [0.15, 0.2) is 47.4 Å². The molecule has 1 amide bonds. The fraction of sp³-hybridized carbons (Fsp3) is 0.435. The Hall–Kier alpha value is -2.57. The highest BCUT2D eigenvalue weighted by Gasteiger charge is 2.25. The number of amides is 1. The topological polar surface area (TPSA) is 106 Å². The van der Waals surface area contributed by atoms with Gasteiger partial charge in [0.05, 0.1) is 33.0 Å². The first-order valence-corrected chi connectivity index (χ1v) is 12.4. The number of hydrogen-bond acceptors (Lipinski definition) is 7. The maximum Gasteiger partial charge on any atom is 0.251 e. The van der Waals surface area contributed by atoms with Crippen molar-refractivity contribution in [2.45, 2.75) is 10.9 Å². The zero-order valence-electron chi connectivity index (χ0n) is 19.3. The van der Waals surface area contributed by atoms with Gasteiger partial charge in [0, 0.05) is 38.9 Å². The first-order chi connectivity index (χ1) is 16.4. The molecule has 3 rings (SSSR count). The van der Waals surface area contributed by atoms with Crippen LogP contribution in [-0.4, -0.2) is 79.4 Å². The average molecular weight is 496 g/mol. The summed E-state index contributed by atoms with van der Waals surface area (Å²) in [5.41, 5.74) is 1.04. The Morgan fingerprint density at radius 1 is 1.15 bits per heavy atom. The lowest BCUT2D eigenvalue weighted by atomic mass is 10.0. The van der Waals surface area contributed by atoms with Crippen LogP contribution in [0, 0.1) is 5.82 Å². The van der Waals surface area contributed by atoms with E-state index in [2.05, 4.69) is 14.9 Å². The molecule has 1 atom stereocenters. The van der Waals surface area contributed by atoms with Crippen LogP contribution in [0.25, 0.3) is 0 Å². The highest BCUT2D eigenvalue weighted by molar-refractivity contribution is 7.89. The molecule has 11 heteroatoms. The van der Waals surface area contributed by atoms with Crippen molar-refractivity contribution in [3.8, 4) is 5.75 Å². The number of rotatable bonds is 11. The third kappa shape index (κ3) is 6.73. The molecular formula is C23H30FN3O6S. The fourth-order valence-electron chi connectivity index (χ4n) is 3.71. The molecule has 0 radical (unpaired) electrons. The molecule has 1 unspecified atom stereocenters. The number of halogens is 1. The summed E-state index contributed by atoms with van der Waals surface area (Å²) >= 11 is 0. The van der Waals surface area contributed by atoms with Crippen LogP contribution in [0.4, 0.5) is 4.39 Å². The van der Waals surface area contributed by atoms with E-state index < -0.39 is 15.9 Å². The van der Waals surface area contributed by atoms with Gasteiger partial charge in [0.25, 0.3) is 5.91 Å². The van der Waals surface area contributed by atoms with Crippen LogP contribution in [0.1, 0.15) is 22.0 Å². The number of nitrogens with zero attached hydrogens (tertiary/aromatic N) is 1. The molecule has 1 fully saturated rings.